The number of hydrogen-bond acceptors (Lipinski definition) is 2. The van der Waals surface area contributed by atoms with Crippen molar-refractivity contribution in [3.8, 4) is 17.6 Å². The maximum Gasteiger partial charge on any atom is 0.337 e. The second-order valence-corrected chi connectivity index (χ2v) is 3.24. The van der Waals surface area contributed by atoms with Crippen LogP contribution in [0.5, 0.6) is 5.75 Å². The second kappa shape index (κ2) is 5.82. The minimum atomic E-state index is -0.986. The third kappa shape index (κ3) is 2.77. The largest absolute Gasteiger partial charge is 0.495 e. The number of carbonyl (C=O) groups is 1. The first-order valence-electron chi connectivity index (χ1n) is 5.09. The Morgan fingerprint density at radius 2 is 2.25 bits per heavy atom. The average Bonchev–Trinajstić information content (AvgIpc) is 2.29. The summed E-state index contributed by atoms with van der Waals surface area (Å²) in [5.74, 6) is 5.30. The molecule has 84 valence electrons. The van der Waals surface area contributed by atoms with Gasteiger partial charge in [0, 0.05) is 6.42 Å². The average molecular weight is 218 g/mol. The van der Waals surface area contributed by atoms with Gasteiger partial charge in [0.05, 0.1) is 18.2 Å². The molecule has 0 heterocycles. The fourth-order valence-corrected chi connectivity index (χ4v) is 1.28. The molecular formula is C13H14O3. The standard InChI is InChI=1S/C13H14O3/c1-3-4-5-7-10-11(13(14)15)8-6-9-12(10)16-2/h6,8-9H,3-4H2,1-2H3,(H,14,15). The Bertz CT molecular complexity index is 438. The summed E-state index contributed by atoms with van der Waals surface area (Å²) in [7, 11) is 1.51. The number of rotatable bonds is 3. The van der Waals surface area contributed by atoms with E-state index in [1.165, 1.54) is 13.2 Å². The molecule has 0 amide bonds. The Kier molecular flexibility index (Phi) is 4.41. The van der Waals surface area contributed by atoms with Crippen LogP contribution in [0.4, 0.5) is 0 Å². The van der Waals surface area contributed by atoms with Gasteiger partial charge in [-0.3, -0.25) is 0 Å². The third-order valence-electron chi connectivity index (χ3n) is 2.06. The molecule has 0 bridgehead atoms. The number of carboxylic acids is 1. The lowest BCUT2D eigenvalue weighted by Gasteiger charge is -2.05. The minimum Gasteiger partial charge on any atom is -0.495 e. The van der Waals surface area contributed by atoms with Gasteiger partial charge in [-0.2, -0.15) is 0 Å². The van der Waals surface area contributed by atoms with E-state index in [2.05, 4.69) is 11.8 Å². The summed E-state index contributed by atoms with van der Waals surface area (Å²) >= 11 is 0. The van der Waals surface area contributed by atoms with Gasteiger partial charge in [0.2, 0.25) is 0 Å². The zero-order valence-electron chi connectivity index (χ0n) is 9.41. The molecule has 16 heavy (non-hydrogen) atoms. The van der Waals surface area contributed by atoms with Crippen LogP contribution in [-0.4, -0.2) is 18.2 Å². The van der Waals surface area contributed by atoms with Crippen molar-refractivity contribution in [2.75, 3.05) is 7.11 Å². The molecule has 0 unspecified atom stereocenters. The number of aromatic carboxylic acids is 1. The Hall–Kier alpha value is -1.95. The van der Waals surface area contributed by atoms with E-state index in [4.69, 9.17) is 9.84 Å². The van der Waals surface area contributed by atoms with Crippen molar-refractivity contribution >= 4 is 5.97 Å². The lowest BCUT2D eigenvalue weighted by molar-refractivity contribution is 0.0696. The first-order chi connectivity index (χ1) is 7.70. The van der Waals surface area contributed by atoms with Gasteiger partial charge in [-0.1, -0.05) is 24.8 Å². The highest BCUT2D eigenvalue weighted by Gasteiger charge is 2.12. The van der Waals surface area contributed by atoms with Crippen molar-refractivity contribution in [1.82, 2.24) is 0 Å². The van der Waals surface area contributed by atoms with Gasteiger partial charge in [0.25, 0.3) is 0 Å². The van der Waals surface area contributed by atoms with Crippen LogP contribution in [0, 0.1) is 11.8 Å². The van der Waals surface area contributed by atoms with E-state index in [-0.39, 0.29) is 5.56 Å². The summed E-state index contributed by atoms with van der Waals surface area (Å²) < 4.78 is 5.10. The molecule has 3 nitrogen and oxygen atoms in total. The molecule has 3 heteroatoms. The van der Waals surface area contributed by atoms with Gasteiger partial charge in [0.15, 0.2) is 0 Å². The third-order valence-corrected chi connectivity index (χ3v) is 2.06. The zero-order valence-corrected chi connectivity index (χ0v) is 9.41. The summed E-state index contributed by atoms with van der Waals surface area (Å²) in [6.07, 6.45) is 1.70. The summed E-state index contributed by atoms with van der Waals surface area (Å²) in [6, 6.07) is 4.89. The van der Waals surface area contributed by atoms with Crippen LogP contribution < -0.4 is 4.74 Å². The number of unbranched alkanes of at least 4 members (excludes halogenated alkanes) is 1. The van der Waals surface area contributed by atoms with Crippen molar-refractivity contribution < 1.29 is 14.6 Å². The van der Waals surface area contributed by atoms with Crippen LogP contribution in [0.2, 0.25) is 0 Å². The van der Waals surface area contributed by atoms with Crippen molar-refractivity contribution in [2.45, 2.75) is 19.8 Å². The maximum absolute atomic E-state index is 11.0. The van der Waals surface area contributed by atoms with E-state index >= 15 is 0 Å². The molecule has 1 aromatic rings. The topological polar surface area (TPSA) is 46.5 Å². The SMILES string of the molecule is CCCC#Cc1c(OC)cccc1C(=O)O. The summed E-state index contributed by atoms with van der Waals surface area (Å²) in [5, 5.41) is 9.02. The highest BCUT2D eigenvalue weighted by atomic mass is 16.5. The van der Waals surface area contributed by atoms with E-state index in [0.717, 1.165) is 12.8 Å². The van der Waals surface area contributed by atoms with Gasteiger partial charge in [-0.15, -0.1) is 0 Å². The minimum absolute atomic E-state index is 0.183. The van der Waals surface area contributed by atoms with Gasteiger partial charge in [-0.25, -0.2) is 4.79 Å². The van der Waals surface area contributed by atoms with E-state index in [1.807, 2.05) is 6.92 Å². The molecule has 0 aliphatic rings. The number of hydrogen-bond donors (Lipinski definition) is 1. The van der Waals surface area contributed by atoms with Gasteiger partial charge >= 0.3 is 5.97 Å². The molecule has 0 aromatic heterocycles. The summed E-state index contributed by atoms with van der Waals surface area (Å²) in [5.41, 5.74) is 0.633. The molecule has 0 radical (unpaired) electrons. The number of benzene rings is 1. The van der Waals surface area contributed by atoms with E-state index in [0.29, 0.717) is 11.3 Å². The maximum atomic E-state index is 11.0. The fourth-order valence-electron chi connectivity index (χ4n) is 1.28. The zero-order chi connectivity index (χ0) is 12.0. The van der Waals surface area contributed by atoms with Crippen LogP contribution in [0.3, 0.4) is 0 Å². The first-order valence-corrected chi connectivity index (χ1v) is 5.09. The molecule has 0 aliphatic heterocycles. The number of methoxy groups -OCH3 is 1. The van der Waals surface area contributed by atoms with Crippen LogP contribution in [-0.2, 0) is 0 Å². The molecular weight excluding hydrogens is 204 g/mol. The van der Waals surface area contributed by atoms with E-state index in [9.17, 15) is 4.79 Å². The Balaban J connectivity index is 3.21. The Labute approximate surface area is 95.1 Å². The van der Waals surface area contributed by atoms with Gasteiger partial charge in [-0.05, 0) is 18.6 Å². The first kappa shape index (κ1) is 12.1. The van der Waals surface area contributed by atoms with Crippen LogP contribution in [0.1, 0.15) is 35.7 Å². The molecule has 1 N–H and O–H groups in total. The van der Waals surface area contributed by atoms with Crippen molar-refractivity contribution in [3.05, 3.63) is 29.3 Å². The molecule has 0 saturated heterocycles. The smallest absolute Gasteiger partial charge is 0.337 e. The van der Waals surface area contributed by atoms with E-state index in [1.54, 1.807) is 12.1 Å². The lowest BCUT2D eigenvalue weighted by atomic mass is 10.1. The predicted octanol–water partition coefficient (Wildman–Crippen LogP) is 2.54. The summed E-state index contributed by atoms with van der Waals surface area (Å²) in [6.45, 7) is 2.02. The van der Waals surface area contributed by atoms with Crippen molar-refractivity contribution in [2.24, 2.45) is 0 Å². The normalized spacial score (nSPS) is 9.12. The lowest BCUT2D eigenvalue weighted by Crippen LogP contribution is -2.01. The summed E-state index contributed by atoms with van der Waals surface area (Å²) in [4.78, 5) is 11.0. The van der Waals surface area contributed by atoms with Gasteiger partial charge < -0.3 is 9.84 Å². The molecule has 0 saturated carbocycles. The highest BCUT2D eigenvalue weighted by Crippen LogP contribution is 2.21. The van der Waals surface area contributed by atoms with Crippen LogP contribution >= 0.6 is 0 Å². The van der Waals surface area contributed by atoms with Crippen LogP contribution in [0.15, 0.2) is 18.2 Å². The molecule has 0 aliphatic carbocycles. The molecule has 0 spiro atoms. The van der Waals surface area contributed by atoms with Crippen LogP contribution in [0.25, 0.3) is 0 Å². The quantitative estimate of drug-likeness (QED) is 0.793. The number of ether oxygens (including phenoxy) is 1. The molecule has 0 atom stereocenters. The fraction of sp³-hybridized carbons (Fsp3) is 0.308. The van der Waals surface area contributed by atoms with Crippen molar-refractivity contribution in [3.63, 3.8) is 0 Å². The van der Waals surface area contributed by atoms with Crippen molar-refractivity contribution in [1.29, 1.82) is 0 Å². The molecule has 1 rings (SSSR count). The molecule has 0 fully saturated rings. The van der Waals surface area contributed by atoms with Gasteiger partial charge in [0.1, 0.15) is 5.75 Å². The van der Waals surface area contributed by atoms with E-state index < -0.39 is 5.97 Å². The Morgan fingerprint density at radius 3 is 2.81 bits per heavy atom. The molecule has 1 aromatic carbocycles. The number of carboxylic acid groups (broad SMARTS) is 1. The predicted molar refractivity (Wildman–Crippen MR) is 61.7 cm³/mol. The second-order valence-electron chi connectivity index (χ2n) is 3.24. The highest BCUT2D eigenvalue weighted by molar-refractivity contribution is 5.91. The monoisotopic (exact) mass is 218 g/mol. The Morgan fingerprint density at radius 1 is 1.50 bits per heavy atom.